The number of hydrogen-bond acceptors (Lipinski definition) is 4. The Morgan fingerprint density at radius 2 is 2.12 bits per heavy atom. The normalized spacial score (nSPS) is 60.2. The maximum absolute atomic E-state index is 12.4. The van der Waals surface area contributed by atoms with Gasteiger partial charge in [0.05, 0.1) is 23.0 Å². The lowest BCUT2D eigenvalue weighted by Crippen LogP contribution is -2.51. The van der Waals surface area contributed by atoms with Gasteiger partial charge in [-0.25, -0.2) is 0 Å². The fourth-order valence-corrected chi connectivity index (χ4v) is 7.31. The van der Waals surface area contributed by atoms with Gasteiger partial charge in [0.1, 0.15) is 0 Å². The monoisotopic (exact) mass is 332 g/mol. The smallest absolute Gasteiger partial charge is 0.307 e. The van der Waals surface area contributed by atoms with Crippen LogP contribution in [-0.2, 0) is 9.53 Å². The predicted molar refractivity (Wildman–Crippen MR) is 84.7 cm³/mol. The number of rotatable bonds is 1. The average Bonchev–Trinajstić information content (AvgIpc) is 2.98. The topological polar surface area (TPSA) is 87.0 Å². The first kappa shape index (κ1) is 15.1. The number of allylic oxidation sites excluding steroid dienone is 1. The van der Waals surface area contributed by atoms with Crippen molar-refractivity contribution < 1.29 is 24.9 Å². The number of aliphatic hydroxyl groups excluding tert-OH is 2. The molecule has 1 aliphatic heterocycles. The molecule has 1 unspecified atom stereocenters. The Labute approximate surface area is 141 Å². The van der Waals surface area contributed by atoms with Gasteiger partial charge in [0.2, 0.25) is 0 Å². The molecule has 3 N–H and O–H groups in total. The summed E-state index contributed by atoms with van der Waals surface area (Å²) in [7, 11) is 0. The lowest BCUT2D eigenvalue weighted by atomic mass is 9.61. The Morgan fingerprint density at radius 1 is 1.38 bits per heavy atom. The summed E-state index contributed by atoms with van der Waals surface area (Å²) in [4.78, 5) is 12.4. The van der Waals surface area contributed by atoms with Crippen LogP contribution in [0.2, 0.25) is 0 Å². The molecule has 0 amide bonds. The van der Waals surface area contributed by atoms with E-state index >= 15 is 0 Å². The van der Waals surface area contributed by atoms with E-state index < -0.39 is 41.2 Å². The maximum Gasteiger partial charge on any atom is 0.307 e. The molecule has 4 aliphatic carbocycles. The molecule has 1 spiro atoms. The molecule has 4 fully saturated rings. The number of aliphatic hydroxyl groups is 2. The van der Waals surface area contributed by atoms with E-state index in [1.54, 1.807) is 13.0 Å². The number of carboxylic acids is 1. The molecule has 5 rings (SSSR count). The van der Waals surface area contributed by atoms with Crippen LogP contribution in [-0.4, -0.2) is 39.3 Å². The lowest BCUT2D eigenvalue weighted by molar-refractivity contribution is -0.188. The highest BCUT2D eigenvalue weighted by Crippen LogP contribution is 2.77. The fraction of sp³-hybridized carbons (Fsp3) is 0.737. The van der Waals surface area contributed by atoms with E-state index in [1.807, 2.05) is 6.08 Å². The molecule has 3 saturated carbocycles. The second kappa shape index (κ2) is 4.14. The van der Waals surface area contributed by atoms with Crippen LogP contribution >= 0.6 is 0 Å². The van der Waals surface area contributed by atoms with E-state index in [0.717, 1.165) is 25.7 Å². The van der Waals surface area contributed by atoms with Gasteiger partial charge in [0.15, 0.2) is 6.29 Å². The molecule has 24 heavy (non-hydrogen) atoms. The largest absolute Gasteiger partial charge is 0.481 e. The van der Waals surface area contributed by atoms with Crippen LogP contribution in [0.3, 0.4) is 0 Å². The van der Waals surface area contributed by atoms with Crippen LogP contribution < -0.4 is 0 Å². The minimum absolute atomic E-state index is 0.0619. The maximum atomic E-state index is 12.4. The molecule has 1 heterocycles. The van der Waals surface area contributed by atoms with Crippen molar-refractivity contribution in [2.24, 2.45) is 34.5 Å². The molecule has 5 nitrogen and oxygen atoms in total. The van der Waals surface area contributed by atoms with Crippen molar-refractivity contribution in [3.63, 3.8) is 0 Å². The summed E-state index contributed by atoms with van der Waals surface area (Å²) in [5.41, 5.74) is -0.938. The third-order valence-corrected chi connectivity index (χ3v) is 8.20. The second-order valence-corrected chi connectivity index (χ2v) is 8.89. The second-order valence-electron chi connectivity index (χ2n) is 8.89. The first-order valence-electron chi connectivity index (χ1n) is 8.91. The Kier molecular flexibility index (Phi) is 2.61. The van der Waals surface area contributed by atoms with Crippen molar-refractivity contribution in [3.8, 4) is 0 Å². The van der Waals surface area contributed by atoms with Gasteiger partial charge in [-0.3, -0.25) is 4.79 Å². The molecule has 9 atom stereocenters. The molecule has 0 aromatic rings. The van der Waals surface area contributed by atoms with Gasteiger partial charge in [-0.15, -0.1) is 0 Å². The molecular formula is C19H24O5. The van der Waals surface area contributed by atoms with Gasteiger partial charge in [-0.1, -0.05) is 31.2 Å². The first-order valence-corrected chi connectivity index (χ1v) is 8.91. The Morgan fingerprint density at radius 3 is 2.83 bits per heavy atom. The van der Waals surface area contributed by atoms with Crippen LogP contribution in [0.4, 0.5) is 0 Å². The molecule has 0 aromatic carbocycles. The van der Waals surface area contributed by atoms with Crippen molar-refractivity contribution in [1.29, 1.82) is 0 Å². The van der Waals surface area contributed by atoms with Gasteiger partial charge in [-0.05, 0) is 42.9 Å². The van der Waals surface area contributed by atoms with Crippen molar-refractivity contribution >= 4 is 5.97 Å². The van der Waals surface area contributed by atoms with E-state index in [4.69, 9.17) is 4.74 Å². The summed E-state index contributed by atoms with van der Waals surface area (Å²) in [6, 6.07) is 0. The average molecular weight is 332 g/mol. The van der Waals surface area contributed by atoms with Crippen molar-refractivity contribution in [3.05, 3.63) is 24.3 Å². The number of aliphatic carboxylic acids is 1. The zero-order chi connectivity index (χ0) is 17.1. The summed E-state index contributed by atoms with van der Waals surface area (Å²) in [6.07, 6.45) is 5.03. The third-order valence-electron chi connectivity index (χ3n) is 8.20. The predicted octanol–water partition coefficient (Wildman–Crippen LogP) is 1.70. The van der Waals surface area contributed by atoms with Gasteiger partial charge < -0.3 is 20.1 Å². The molecule has 1 saturated heterocycles. The van der Waals surface area contributed by atoms with Crippen LogP contribution in [0.25, 0.3) is 0 Å². The van der Waals surface area contributed by atoms with Crippen molar-refractivity contribution in [2.75, 3.05) is 0 Å². The number of carboxylic acid groups (broad SMARTS) is 1. The number of hydrogen-bond donors (Lipinski definition) is 3. The molecule has 0 aromatic heterocycles. The van der Waals surface area contributed by atoms with E-state index in [1.165, 1.54) is 5.57 Å². The highest BCUT2D eigenvalue weighted by molar-refractivity contribution is 5.74. The number of carbonyl (C=O) groups is 1. The van der Waals surface area contributed by atoms with Crippen LogP contribution in [0, 0.1) is 34.5 Å². The van der Waals surface area contributed by atoms with Crippen LogP contribution in [0.1, 0.15) is 32.6 Å². The minimum Gasteiger partial charge on any atom is -0.481 e. The number of ether oxygens (including phenoxy) is 1. The van der Waals surface area contributed by atoms with Crippen LogP contribution in [0.5, 0.6) is 0 Å². The van der Waals surface area contributed by atoms with E-state index in [-0.39, 0.29) is 11.3 Å². The molecule has 5 heteroatoms. The molecular weight excluding hydrogens is 308 g/mol. The molecule has 4 bridgehead atoms. The third kappa shape index (κ3) is 1.32. The molecule has 5 aliphatic rings. The van der Waals surface area contributed by atoms with Gasteiger partial charge in [0.25, 0.3) is 0 Å². The van der Waals surface area contributed by atoms with Gasteiger partial charge >= 0.3 is 5.97 Å². The summed E-state index contributed by atoms with van der Waals surface area (Å²) < 4.78 is 6.12. The molecule has 0 radical (unpaired) electrons. The lowest BCUT2D eigenvalue weighted by Gasteiger charge is -2.43. The summed E-state index contributed by atoms with van der Waals surface area (Å²) in [6.45, 7) is 6.00. The van der Waals surface area contributed by atoms with Crippen LogP contribution in [0.15, 0.2) is 24.3 Å². The highest BCUT2D eigenvalue weighted by atomic mass is 16.6. The molecule has 130 valence electrons. The zero-order valence-electron chi connectivity index (χ0n) is 13.8. The van der Waals surface area contributed by atoms with Crippen molar-refractivity contribution in [1.82, 2.24) is 0 Å². The summed E-state index contributed by atoms with van der Waals surface area (Å²) in [5.74, 6) is -1.39. The quantitative estimate of drug-likeness (QED) is 0.636. The minimum atomic E-state index is -1.14. The SMILES string of the molecule is C=C1C[C@]23C[C@H]1CC[C@H]2[C@@]12C=C[C@H](O)[C@](C)(C(O)O1)[C@H]2[C@@H]3C(=O)O. The van der Waals surface area contributed by atoms with E-state index in [0.29, 0.717) is 5.92 Å². The van der Waals surface area contributed by atoms with E-state index in [2.05, 4.69) is 6.58 Å². The van der Waals surface area contributed by atoms with Gasteiger partial charge in [0, 0.05) is 5.92 Å². The standard InChI is InChI=1S/C19H24O5/c1-9-7-18-8-10(9)3-4-11(18)19-6-5-12(20)17(2,16(23)24-19)14(19)13(18)15(21)22/h5-6,10-14,16,20,23H,1,3-4,7-8H2,2H3,(H,21,22)/t10-,11-,12+,13-,14-,16?,17+,18+,19-/m1/s1. The summed E-state index contributed by atoms with van der Waals surface area (Å²) >= 11 is 0. The zero-order valence-corrected chi connectivity index (χ0v) is 13.8. The van der Waals surface area contributed by atoms with E-state index in [9.17, 15) is 20.1 Å². The fourth-order valence-electron chi connectivity index (χ4n) is 7.31. The summed E-state index contributed by atoms with van der Waals surface area (Å²) in [5, 5.41) is 31.4. The van der Waals surface area contributed by atoms with Gasteiger partial charge in [-0.2, -0.15) is 0 Å². The Bertz CT molecular complexity index is 685. The van der Waals surface area contributed by atoms with Crippen molar-refractivity contribution in [2.45, 2.75) is 50.6 Å². The Hall–Kier alpha value is -1.17. The Balaban J connectivity index is 1.77. The number of fused-ring (bicyclic) bond motifs is 1. The highest BCUT2D eigenvalue weighted by Gasteiger charge is 2.81. The first-order chi connectivity index (χ1) is 11.3.